The molecule has 3 rings (SSSR count). The zero-order valence-corrected chi connectivity index (χ0v) is 20.0. The van der Waals surface area contributed by atoms with Gasteiger partial charge in [-0.15, -0.1) is 4.72 Å². The Morgan fingerprint density at radius 2 is 1.90 bits per heavy atom. The fraction of sp³-hybridized carbons (Fsp3) is 0.667. The summed E-state index contributed by atoms with van der Waals surface area (Å²) in [7, 11) is 0. The first-order valence-electron chi connectivity index (χ1n) is 10.4. The van der Waals surface area contributed by atoms with E-state index in [-0.39, 0.29) is 34.6 Å². The molecule has 0 radical (unpaired) electrons. The van der Waals surface area contributed by atoms with Crippen LogP contribution >= 0.6 is 23.2 Å². The molecule has 9 heteroatoms. The number of phenols is 1. The van der Waals surface area contributed by atoms with Crippen LogP contribution in [0.2, 0.25) is 10.0 Å². The summed E-state index contributed by atoms with van der Waals surface area (Å²) in [5.41, 5.74) is 0.590. The molecule has 0 aromatic heterocycles. The first-order valence-corrected chi connectivity index (χ1v) is 12.3. The minimum absolute atomic E-state index is 0.0309. The summed E-state index contributed by atoms with van der Waals surface area (Å²) in [6.07, 6.45) is 2.40. The topological polar surface area (TPSA) is 87.7 Å². The normalized spacial score (nSPS) is 22.9. The van der Waals surface area contributed by atoms with Crippen LogP contribution in [0, 0.1) is 11.8 Å². The van der Waals surface area contributed by atoms with Gasteiger partial charge in [-0.3, -0.25) is 4.79 Å². The lowest BCUT2D eigenvalue weighted by Crippen LogP contribution is -2.47. The zero-order chi connectivity index (χ0) is 22.1. The Bertz CT molecular complexity index is 761. The van der Waals surface area contributed by atoms with Gasteiger partial charge in [0.15, 0.2) is 0 Å². The highest BCUT2D eigenvalue weighted by molar-refractivity contribution is 7.90. The second kappa shape index (κ2) is 9.84. The number of piperidine rings is 1. The lowest BCUT2D eigenvalue weighted by atomic mass is 9.85. The maximum absolute atomic E-state index is 12.9. The van der Waals surface area contributed by atoms with E-state index in [2.05, 4.69) is 10.0 Å². The van der Waals surface area contributed by atoms with E-state index in [1.165, 1.54) is 6.07 Å². The predicted molar refractivity (Wildman–Crippen MR) is 122 cm³/mol. The Morgan fingerprint density at radius 3 is 2.47 bits per heavy atom. The Labute approximate surface area is 192 Å². The number of likely N-dealkylation sites (tertiary alicyclic amines) is 1. The van der Waals surface area contributed by atoms with E-state index in [1.807, 2.05) is 25.7 Å². The molecule has 0 saturated carbocycles. The number of hydrogen-bond acceptors (Lipinski definition) is 5. The van der Waals surface area contributed by atoms with Crippen molar-refractivity contribution in [3.8, 4) is 5.75 Å². The summed E-state index contributed by atoms with van der Waals surface area (Å²) in [4.78, 5) is 14.7. The fourth-order valence-electron chi connectivity index (χ4n) is 4.08. The third kappa shape index (κ3) is 5.56. The van der Waals surface area contributed by atoms with Gasteiger partial charge >= 0.3 is 0 Å². The number of aromatic hydroxyl groups is 1. The van der Waals surface area contributed by atoms with Crippen molar-refractivity contribution in [3.05, 3.63) is 27.7 Å². The smallest absolute Gasteiger partial charge is 0.227 e. The minimum Gasteiger partial charge on any atom is -0.598 e. The molecule has 2 fully saturated rings. The van der Waals surface area contributed by atoms with Crippen LogP contribution in [-0.4, -0.2) is 51.4 Å². The number of nitrogens with zero attached hydrogens (tertiary/aromatic N) is 1. The molecule has 2 aliphatic heterocycles. The summed E-state index contributed by atoms with van der Waals surface area (Å²) in [6.45, 7) is 8.67. The Hall–Kier alpha value is -0.700. The maximum atomic E-state index is 12.9. The van der Waals surface area contributed by atoms with Gasteiger partial charge in [-0.05, 0) is 58.6 Å². The standard InChI is InChI=1S/C21H31Cl2N3O3S/c1-21(2,3)30(29)25-19(15-10-16(22)17(23)11-18(15)27)13-5-8-26(9-6-13)20(28)14-4-7-24-12-14/h10-11,13-14,19,24-25,27H,4-9,12H2,1-3H3/t14?,19-,30+/m1/s1. The van der Waals surface area contributed by atoms with Crippen molar-refractivity contribution >= 4 is 40.5 Å². The Balaban J connectivity index is 1.77. The second-order valence-electron chi connectivity index (χ2n) is 9.15. The van der Waals surface area contributed by atoms with Gasteiger partial charge in [-0.1, -0.05) is 23.2 Å². The van der Waals surface area contributed by atoms with Crippen LogP contribution in [0.4, 0.5) is 0 Å². The quantitative estimate of drug-likeness (QED) is 0.565. The molecule has 168 valence electrons. The lowest BCUT2D eigenvalue weighted by molar-refractivity contribution is -0.136. The van der Waals surface area contributed by atoms with E-state index >= 15 is 0 Å². The summed E-state index contributed by atoms with van der Waals surface area (Å²) in [6, 6.07) is 2.73. The molecule has 2 heterocycles. The number of halogens is 2. The number of carbonyl (C=O) groups excluding carboxylic acids is 1. The highest BCUT2D eigenvalue weighted by Crippen LogP contribution is 2.40. The van der Waals surface area contributed by atoms with Gasteiger partial charge in [0, 0.05) is 42.6 Å². The van der Waals surface area contributed by atoms with E-state index in [4.69, 9.17) is 23.2 Å². The van der Waals surface area contributed by atoms with Crippen molar-refractivity contribution in [3.63, 3.8) is 0 Å². The summed E-state index contributed by atoms with van der Waals surface area (Å²) < 4.78 is 15.7. The van der Waals surface area contributed by atoms with E-state index in [1.54, 1.807) is 6.07 Å². The van der Waals surface area contributed by atoms with E-state index in [0.29, 0.717) is 23.7 Å². The maximum Gasteiger partial charge on any atom is 0.227 e. The predicted octanol–water partition coefficient (Wildman–Crippen LogP) is 3.64. The molecule has 30 heavy (non-hydrogen) atoms. The number of hydrogen-bond donors (Lipinski definition) is 3. The average Bonchev–Trinajstić information content (AvgIpc) is 3.23. The molecule has 1 aromatic carbocycles. The summed E-state index contributed by atoms with van der Waals surface area (Å²) >= 11 is 10.9. The second-order valence-corrected chi connectivity index (χ2v) is 12.0. The van der Waals surface area contributed by atoms with E-state index in [9.17, 15) is 14.5 Å². The highest BCUT2D eigenvalue weighted by atomic mass is 35.5. The molecule has 1 amide bonds. The summed E-state index contributed by atoms with van der Waals surface area (Å²) in [5.74, 6) is 0.426. The lowest BCUT2D eigenvalue weighted by Gasteiger charge is -2.38. The van der Waals surface area contributed by atoms with Gasteiger partial charge in [-0.2, -0.15) is 0 Å². The van der Waals surface area contributed by atoms with Gasteiger partial charge in [0.25, 0.3) is 0 Å². The van der Waals surface area contributed by atoms with Gasteiger partial charge < -0.3 is 19.9 Å². The molecular weight excluding hydrogens is 445 g/mol. The van der Waals surface area contributed by atoms with Gasteiger partial charge in [0.1, 0.15) is 10.5 Å². The average molecular weight is 476 g/mol. The van der Waals surface area contributed by atoms with Crippen LogP contribution in [0.3, 0.4) is 0 Å². The molecule has 1 aromatic rings. The van der Waals surface area contributed by atoms with Gasteiger partial charge in [-0.25, -0.2) is 0 Å². The molecule has 3 N–H and O–H groups in total. The molecule has 0 bridgehead atoms. The van der Waals surface area contributed by atoms with E-state index < -0.39 is 16.1 Å². The fourth-order valence-corrected chi connectivity index (χ4v) is 5.32. The Kier molecular flexibility index (Phi) is 7.86. The van der Waals surface area contributed by atoms with Crippen LogP contribution in [0.1, 0.15) is 51.6 Å². The van der Waals surface area contributed by atoms with E-state index in [0.717, 1.165) is 32.4 Å². The highest BCUT2D eigenvalue weighted by Gasteiger charge is 2.38. The first-order chi connectivity index (χ1) is 14.1. The van der Waals surface area contributed by atoms with Crippen LogP contribution in [0.25, 0.3) is 0 Å². The van der Waals surface area contributed by atoms with Crippen molar-refractivity contribution in [2.75, 3.05) is 26.2 Å². The number of benzene rings is 1. The first kappa shape index (κ1) is 24.0. The minimum atomic E-state index is -1.34. The van der Waals surface area contributed by atoms with Crippen LogP contribution in [0.15, 0.2) is 12.1 Å². The number of nitrogens with one attached hydrogen (secondary N) is 2. The molecular formula is C21H31Cl2N3O3S. The van der Waals surface area contributed by atoms with Crippen LogP contribution < -0.4 is 10.0 Å². The molecule has 2 aliphatic rings. The molecule has 0 aliphatic carbocycles. The van der Waals surface area contributed by atoms with Gasteiger partial charge in [0.05, 0.1) is 22.0 Å². The molecule has 2 saturated heterocycles. The number of carbonyl (C=O) groups is 1. The van der Waals surface area contributed by atoms with Crippen molar-refractivity contribution in [1.82, 2.24) is 14.9 Å². The number of phenolic OH excluding ortho intramolecular Hbond substituents is 1. The van der Waals surface area contributed by atoms with Crippen LogP contribution in [0.5, 0.6) is 5.75 Å². The van der Waals surface area contributed by atoms with Crippen molar-refractivity contribution < 1.29 is 14.5 Å². The summed E-state index contributed by atoms with van der Waals surface area (Å²) in [5, 5.41) is 14.4. The van der Waals surface area contributed by atoms with Gasteiger partial charge in [0.2, 0.25) is 5.91 Å². The van der Waals surface area contributed by atoms with Crippen molar-refractivity contribution in [2.24, 2.45) is 11.8 Å². The molecule has 3 atom stereocenters. The zero-order valence-electron chi connectivity index (χ0n) is 17.7. The third-order valence-electron chi connectivity index (χ3n) is 5.93. The monoisotopic (exact) mass is 475 g/mol. The van der Waals surface area contributed by atoms with Crippen molar-refractivity contribution in [1.29, 1.82) is 0 Å². The third-order valence-corrected chi connectivity index (χ3v) is 8.23. The number of rotatable bonds is 5. The molecule has 6 nitrogen and oxygen atoms in total. The Morgan fingerprint density at radius 1 is 1.27 bits per heavy atom. The SMILES string of the molecule is CC(C)(C)[S@+]([O-])N[C@@H](c1cc(Cl)c(Cl)cc1O)C1CCN(C(=O)C2CCNC2)CC1. The van der Waals surface area contributed by atoms with Crippen LogP contribution in [-0.2, 0) is 16.2 Å². The largest absolute Gasteiger partial charge is 0.598 e. The van der Waals surface area contributed by atoms with Crippen molar-refractivity contribution in [2.45, 2.75) is 50.8 Å². The number of amides is 1. The molecule has 1 unspecified atom stereocenters. The molecule has 0 spiro atoms.